The van der Waals surface area contributed by atoms with Crippen molar-refractivity contribution in [3.63, 3.8) is 0 Å². The van der Waals surface area contributed by atoms with E-state index in [2.05, 4.69) is 0 Å². The van der Waals surface area contributed by atoms with Gasteiger partial charge in [-0.3, -0.25) is 4.79 Å². The van der Waals surface area contributed by atoms with Gasteiger partial charge in [0.15, 0.2) is 0 Å². The van der Waals surface area contributed by atoms with Gasteiger partial charge in [0, 0.05) is 13.7 Å². The number of hydrogen-bond donors (Lipinski definition) is 1. The van der Waals surface area contributed by atoms with Crippen LogP contribution in [0.4, 0.5) is 0 Å². The molecule has 0 saturated carbocycles. The molecule has 0 aliphatic heterocycles. The molecule has 0 aromatic heterocycles. The molecule has 0 aromatic carbocycles. The Bertz CT molecular complexity index is 161. The molecule has 2 unspecified atom stereocenters. The van der Waals surface area contributed by atoms with Crippen LogP contribution in [-0.2, 0) is 14.3 Å². The normalized spacial score (nSPS) is 15.3. The van der Waals surface area contributed by atoms with Crippen LogP contribution in [0.25, 0.3) is 0 Å². The van der Waals surface area contributed by atoms with Crippen LogP contribution >= 0.6 is 0 Å². The van der Waals surface area contributed by atoms with E-state index in [1.165, 1.54) is 7.11 Å². The summed E-state index contributed by atoms with van der Waals surface area (Å²) >= 11 is 0. The van der Waals surface area contributed by atoms with Gasteiger partial charge in [-0.15, -0.1) is 0 Å². The predicted octanol–water partition coefficient (Wildman–Crippen LogP) is 0.938. The highest BCUT2D eigenvalue weighted by molar-refractivity contribution is 5.70. The summed E-state index contributed by atoms with van der Waals surface area (Å²) in [6.07, 6.45) is -0.0657. The average molecular weight is 203 g/mol. The summed E-state index contributed by atoms with van der Waals surface area (Å²) in [5, 5.41) is 0. The van der Waals surface area contributed by atoms with E-state index in [-0.39, 0.29) is 24.6 Å². The second-order valence-electron chi connectivity index (χ2n) is 3.74. The van der Waals surface area contributed by atoms with Gasteiger partial charge >= 0.3 is 5.97 Å². The summed E-state index contributed by atoms with van der Waals surface area (Å²) in [7, 11) is 1.54. The van der Waals surface area contributed by atoms with Crippen LogP contribution in [-0.4, -0.2) is 31.8 Å². The molecule has 0 fully saturated rings. The Morgan fingerprint density at radius 1 is 1.36 bits per heavy atom. The highest BCUT2D eigenvalue weighted by Gasteiger charge is 2.16. The zero-order valence-electron chi connectivity index (χ0n) is 9.45. The summed E-state index contributed by atoms with van der Waals surface area (Å²) in [6, 6.07) is 0. The first-order chi connectivity index (χ1) is 6.51. The fourth-order valence-electron chi connectivity index (χ4n) is 0.840. The van der Waals surface area contributed by atoms with Crippen molar-refractivity contribution in [1.29, 1.82) is 0 Å². The second-order valence-corrected chi connectivity index (χ2v) is 3.74. The van der Waals surface area contributed by atoms with Gasteiger partial charge in [-0.2, -0.15) is 0 Å². The van der Waals surface area contributed by atoms with Crippen molar-refractivity contribution in [1.82, 2.24) is 0 Å². The van der Waals surface area contributed by atoms with Crippen LogP contribution in [0.2, 0.25) is 0 Å². The number of carbonyl (C=O) groups excluding carboxylic acids is 1. The molecule has 0 spiro atoms. The lowest BCUT2D eigenvalue weighted by atomic mass is 10.1. The molecule has 0 radical (unpaired) electrons. The molecule has 0 aromatic rings. The minimum absolute atomic E-state index is 0.0576. The predicted molar refractivity (Wildman–Crippen MR) is 54.9 cm³/mol. The third-order valence-electron chi connectivity index (χ3n) is 2.25. The molecule has 2 N–H and O–H groups in total. The molecule has 0 saturated heterocycles. The summed E-state index contributed by atoms with van der Waals surface area (Å²) in [5.74, 6) is 0.0846. The lowest BCUT2D eigenvalue weighted by molar-refractivity contribution is -0.152. The minimum atomic E-state index is -0.247. The van der Waals surface area contributed by atoms with E-state index in [1.54, 1.807) is 0 Å². The topological polar surface area (TPSA) is 61.5 Å². The largest absolute Gasteiger partial charge is 0.462 e. The Balaban J connectivity index is 3.85. The maximum absolute atomic E-state index is 11.3. The maximum Gasteiger partial charge on any atom is 0.308 e. The summed E-state index contributed by atoms with van der Waals surface area (Å²) in [6.45, 7) is 6.23. The van der Waals surface area contributed by atoms with Gasteiger partial charge in [-0.1, -0.05) is 13.8 Å². The first-order valence-corrected chi connectivity index (χ1v) is 4.93. The monoisotopic (exact) mass is 203 g/mol. The third kappa shape index (κ3) is 5.19. The van der Waals surface area contributed by atoms with Crippen LogP contribution < -0.4 is 5.73 Å². The van der Waals surface area contributed by atoms with Gasteiger partial charge < -0.3 is 15.2 Å². The number of esters is 1. The van der Waals surface area contributed by atoms with Crippen molar-refractivity contribution in [2.75, 3.05) is 13.7 Å². The van der Waals surface area contributed by atoms with Crippen molar-refractivity contribution in [3.8, 4) is 0 Å². The van der Waals surface area contributed by atoms with Crippen molar-refractivity contribution in [2.45, 2.75) is 39.4 Å². The summed E-state index contributed by atoms with van der Waals surface area (Å²) in [5.41, 5.74) is 5.39. The van der Waals surface area contributed by atoms with E-state index in [9.17, 15) is 4.79 Å². The number of methoxy groups -OCH3 is 1. The summed E-state index contributed by atoms with van der Waals surface area (Å²) in [4.78, 5) is 11.3. The number of hydrogen-bond acceptors (Lipinski definition) is 4. The molecule has 0 rings (SSSR count). The van der Waals surface area contributed by atoms with Crippen LogP contribution in [0.5, 0.6) is 0 Å². The van der Waals surface area contributed by atoms with Crippen molar-refractivity contribution in [3.05, 3.63) is 0 Å². The lowest BCUT2D eigenvalue weighted by Gasteiger charge is -2.18. The fourth-order valence-corrected chi connectivity index (χ4v) is 0.840. The second kappa shape index (κ2) is 6.79. The van der Waals surface area contributed by atoms with E-state index in [0.717, 1.165) is 0 Å². The van der Waals surface area contributed by atoms with Gasteiger partial charge in [0.1, 0.15) is 6.10 Å². The number of nitrogens with two attached hydrogens (primary N) is 1. The molecule has 0 amide bonds. The highest BCUT2D eigenvalue weighted by atomic mass is 16.5. The van der Waals surface area contributed by atoms with Crippen LogP contribution in [0.15, 0.2) is 0 Å². The average Bonchev–Trinajstić information content (AvgIpc) is 2.13. The van der Waals surface area contributed by atoms with Crippen molar-refractivity contribution < 1.29 is 14.3 Å². The molecule has 0 aliphatic rings. The molecule has 84 valence electrons. The molecule has 4 nitrogen and oxygen atoms in total. The number of ether oxygens (including phenoxy) is 2. The molecule has 0 bridgehead atoms. The first kappa shape index (κ1) is 13.4. The third-order valence-corrected chi connectivity index (χ3v) is 2.25. The Labute approximate surface area is 85.8 Å². The van der Waals surface area contributed by atoms with Gasteiger partial charge in [0.2, 0.25) is 0 Å². The zero-order valence-corrected chi connectivity index (χ0v) is 9.45. The van der Waals surface area contributed by atoms with E-state index >= 15 is 0 Å². The van der Waals surface area contributed by atoms with Crippen LogP contribution in [0, 0.1) is 5.92 Å². The van der Waals surface area contributed by atoms with Crippen LogP contribution in [0.3, 0.4) is 0 Å². The Hall–Kier alpha value is -0.610. The fraction of sp³-hybridized carbons (Fsp3) is 0.900. The molecule has 4 heteroatoms. The van der Waals surface area contributed by atoms with Gasteiger partial charge in [0.05, 0.1) is 12.5 Å². The maximum atomic E-state index is 11.3. The highest BCUT2D eigenvalue weighted by Crippen LogP contribution is 2.07. The molecule has 14 heavy (non-hydrogen) atoms. The van der Waals surface area contributed by atoms with E-state index in [1.807, 2.05) is 20.8 Å². The van der Waals surface area contributed by atoms with Crippen LogP contribution in [0.1, 0.15) is 27.2 Å². The quantitative estimate of drug-likeness (QED) is 0.652. The van der Waals surface area contributed by atoms with E-state index in [4.69, 9.17) is 15.2 Å². The Morgan fingerprint density at radius 3 is 2.29 bits per heavy atom. The van der Waals surface area contributed by atoms with E-state index < -0.39 is 0 Å². The van der Waals surface area contributed by atoms with Crippen molar-refractivity contribution >= 4 is 5.97 Å². The van der Waals surface area contributed by atoms with Gasteiger partial charge in [-0.05, 0) is 12.8 Å². The van der Waals surface area contributed by atoms with Crippen molar-refractivity contribution in [2.24, 2.45) is 11.7 Å². The molecule has 0 aliphatic carbocycles. The number of rotatable bonds is 6. The molecule has 2 atom stereocenters. The van der Waals surface area contributed by atoms with Gasteiger partial charge in [0.25, 0.3) is 0 Å². The van der Waals surface area contributed by atoms with Gasteiger partial charge in [-0.25, -0.2) is 0 Å². The smallest absolute Gasteiger partial charge is 0.308 e. The Kier molecular flexibility index (Phi) is 6.49. The molecule has 0 heterocycles. The zero-order chi connectivity index (χ0) is 11.1. The molecular formula is C10H21NO3. The lowest BCUT2D eigenvalue weighted by Crippen LogP contribution is -2.28. The standard InChI is InChI=1S/C10H21NO3/c1-7(2)8(3)14-10(12)5-9(6-11)13-4/h7-9H,5-6,11H2,1-4H3. The minimum Gasteiger partial charge on any atom is -0.462 e. The SMILES string of the molecule is COC(CN)CC(=O)OC(C)C(C)C. The molecular weight excluding hydrogens is 182 g/mol. The van der Waals surface area contributed by atoms with E-state index in [0.29, 0.717) is 12.5 Å². The first-order valence-electron chi connectivity index (χ1n) is 4.93. The summed E-state index contributed by atoms with van der Waals surface area (Å²) < 4.78 is 10.2. The number of carbonyl (C=O) groups is 1. The Morgan fingerprint density at radius 2 is 1.93 bits per heavy atom.